The predicted molar refractivity (Wildman–Crippen MR) is 87.4 cm³/mol. The highest BCUT2D eigenvalue weighted by Crippen LogP contribution is 2.35. The van der Waals surface area contributed by atoms with E-state index >= 15 is 0 Å². The average molecular weight is 330 g/mol. The van der Waals surface area contributed by atoms with Gasteiger partial charge < -0.3 is 4.74 Å². The van der Waals surface area contributed by atoms with Crippen molar-refractivity contribution in [3.8, 4) is 5.75 Å². The monoisotopic (exact) mass is 329 g/mol. The number of allylic oxidation sites excluding steroid dienone is 2. The standard InChI is InChI=1S/C17H16ClN3O2/c1-2-16(22)17(23-14-8-6-13(18)7-9-14)10-4-3-5-15(17)21-12-19-11-20-21/h3-12,15H,2H2,1H3. The molecule has 0 spiro atoms. The Balaban J connectivity index is 2.04. The largest absolute Gasteiger partial charge is 0.473 e. The molecule has 6 heteroatoms. The fraction of sp³-hybridized carbons (Fsp3) is 0.235. The van der Waals surface area contributed by atoms with E-state index in [-0.39, 0.29) is 5.78 Å². The maximum atomic E-state index is 12.8. The van der Waals surface area contributed by atoms with Crippen molar-refractivity contribution in [1.29, 1.82) is 0 Å². The van der Waals surface area contributed by atoms with Crippen LogP contribution in [0.5, 0.6) is 5.75 Å². The fourth-order valence-corrected chi connectivity index (χ4v) is 2.76. The molecule has 0 bridgehead atoms. The van der Waals surface area contributed by atoms with E-state index in [9.17, 15) is 4.79 Å². The van der Waals surface area contributed by atoms with E-state index in [1.165, 1.54) is 6.33 Å². The molecule has 0 amide bonds. The van der Waals surface area contributed by atoms with Crippen LogP contribution in [0.3, 0.4) is 0 Å². The topological polar surface area (TPSA) is 57.0 Å². The van der Waals surface area contributed by atoms with Gasteiger partial charge in [-0.3, -0.25) is 4.79 Å². The van der Waals surface area contributed by atoms with Crippen molar-refractivity contribution in [3.63, 3.8) is 0 Å². The number of ketones is 1. The van der Waals surface area contributed by atoms with E-state index in [0.717, 1.165) is 0 Å². The van der Waals surface area contributed by atoms with Crippen LogP contribution in [0.1, 0.15) is 19.4 Å². The number of ether oxygens (including phenoxy) is 1. The minimum Gasteiger partial charge on any atom is -0.473 e. The number of aromatic nitrogens is 3. The van der Waals surface area contributed by atoms with Gasteiger partial charge in [-0.1, -0.05) is 36.8 Å². The highest BCUT2D eigenvalue weighted by molar-refractivity contribution is 6.30. The third-order valence-corrected chi connectivity index (χ3v) is 4.02. The van der Waals surface area contributed by atoms with Gasteiger partial charge in [-0.25, -0.2) is 9.67 Å². The molecule has 3 rings (SSSR count). The number of rotatable bonds is 5. The fourth-order valence-electron chi connectivity index (χ4n) is 2.64. The zero-order valence-electron chi connectivity index (χ0n) is 12.6. The molecule has 2 atom stereocenters. The number of Topliss-reactive ketones (excluding diaryl/α,β-unsaturated/α-hetero) is 1. The lowest BCUT2D eigenvalue weighted by Gasteiger charge is -2.37. The van der Waals surface area contributed by atoms with E-state index in [4.69, 9.17) is 16.3 Å². The molecule has 0 fully saturated rings. The Bertz CT molecular complexity index is 738. The van der Waals surface area contributed by atoms with Crippen LogP contribution in [-0.4, -0.2) is 26.1 Å². The second-order valence-electron chi connectivity index (χ2n) is 5.19. The lowest BCUT2D eigenvalue weighted by molar-refractivity contribution is -0.133. The molecule has 23 heavy (non-hydrogen) atoms. The zero-order chi connectivity index (χ0) is 16.3. The van der Waals surface area contributed by atoms with Crippen LogP contribution in [-0.2, 0) is 4.79 Å². The summed E-state index contributed by atoms with van der Waals surface area (Å²) in [6.45, 7) is 1.82. The Morgan fingerprint density at radius 2 is 2.13 bits per heavy atom. The summed E-state index contributed by atoms with van der Waals surface area (Å²) in [5, 5.41) is 4.79. The predicted octanol–water partition coefficient (Wildman–Crippen LogP) is 3.40. The molecule has 5 nitrogen and oxygen atoms in total. The molecule has 118 valence electrons. The van der Waals surface area contributed by atoms with Gasteiger partial charge in [0.2, 0.25) is 5.60 Å². The van der Waals surface area contributed by atoms with E-state index < -0.39 is 11.6 Å². The maximum absolute atomic E-state index is 12.8. The van der Waals surface area contributed by atoms with Crippen LogP contribution in [0.25, 0.3) is 0 Å². The summed E-state index contributed by atoms with van der Waals surface area (Å²) in [5.74, 6) is 0.537. The van der Waals surface area contributed by atoms with Crippen LogP contribution >= 0.6 is 11.6 Å². The molecule has 2 aromatic rings. The highest BCUT2D eigenvalue weighted by atomic mass is 35.5. The second kappa shape index (κ2) is 6.38. The summed E-state index contributed by atoms with van der Waals surface area (Å²) < 4.78 is 7.78. The molecule has 1 aliphatic carbocycles. The number of carbonyl (C=O) groups excluding carboxylic acids is 1. The van der Waals surface area contributed by atoms with Gasteiger partial charge in [-0.2, -0.15) is 5.10 Å². The molecule has 1 aromatic carbocycles. The van der Waals surface area contributed by atoms with Crippen molar-refractivity contribution in [3.05, 3.63) is 66.2 Å². The van der Waals surface area contributed by atoms with Gasteiger partial charge in [0.15, 0.2) is 5.78 Å². The minimum atomic E-state index is -1.16. The van der Waals surface area contributed by atoms with Crippen molar-refractivity contribution in [1.82, 2.24) is 14.8 Å². The van der Waals surface area contributed by atoms with Crippen LogP contribution in [0, 0.1) is 0 Å². The second-order valence-corrected chi connectivity index (χ2v) is 5.63. The van der Waals surface area contributed by atoms with E-state index in [1.807, 2.05) is 25.2 Å². The van der Waals surface area contributed by atoms with Gasteiger partial charge in [0.25, 0.3) is 0 Å². The Labute approximate surface area is 139 Å². The summed E-state index contributed by atoms with van der Waals surface area (Å²) in [4.78, 5) is 16.7. The number of hydrogen-bond donors (Lipinski definition) is 0. The Morgan fingerprint density at radius 1 is 1.35 bits per heavy atom. The highest BCUT2D eigenvalue weighted by Gasteiger charge is 2.46. The quantitative estimate of drug-likeness (QED) is 0.843. The van der Waals surface area contributed by atoms with Gasteiger partial charge in [0.05, 0.1) is 0 Å². The molecular formula is C17H16ClN3O2. The van der Waals surface area contributed by atoms with Crippen LogP contribution in [0.2, 0.25) is 5.02 Å². The molecule has 2 unspecified atom stereocenters. The molecule has 0 radical (unpaired) electrons. The normalized spacial score (nSPS) is 23.0. The number of halogens is 1. The van der Waals surface area contributed by atoms with E-state index in [1.54, 1.807) is 41.4 Å². The summed E-state index contributed by atoms with van der Waals surface area (Å²) in [5.41, 5.74) is -1.16. The van der Waals surface area contributed by atoms with Gasteiger partial charge in [0, 0.05) is 11.4 Å². The average Bonchev–Trinajstić information content (AvgIpc) is 3.11. The summed E-state index contributed by atoms with van der Waals surface area (Å²) in [6, 6.07) is 6.55. The Morgan fingerprint density at radius 3 is 2.78 bits per heavy atom. The SMILES string of the molecule is CCC(=O)C1(Oc2ccc(Cl)cc2)C=CC=CC1n1cncn1. The Kier molecular flexibility index (Phi) is 4.30. The zero-order valence-corrected chi connectivity index (χ0v) is 13.3. The van der Waals surface area contributed by atoms with Gasteiger partial charge in [-0.05, 0) is 30.3 Å². The van der Waals surface area contributed by atoms with Crippen LogP contribution in [0.4, 0.5) is 0 Å². The molecule has 0 saturated heterocycles. The number of nitrogens with zero attached hydrogens (tertiary/aromatic N) is 3. The van der Waals surface area contributed by atoms with Gasteiger partial charge >= 0.3 is 0 Å². The maximum Gasteiger partial charge on any atom is 0.211 e. The summed E-state index contributed by atoms with van der Waals surface area (Å²) >= 11 is 5.92. The van der Waals surface area contributed by atoms with E-state index in [0.29, 0.717) is 17.2 Å². The first kappa shape index (κ1) is 15.5. The smallest absolute Gasteiger partial charge is 0.211 e. The summed E-state index contributed by atoms with van der Waals surface area (Å²) in [7, 11) is 0. The third-order valence-electron chi connectivity index (χ3n) is 3.77. The van der Waals surface area contributed by atoms with Crippen molar-refractivity contribution >= 4 is 17.4 Å². The van der Waals surface area contributed by atoms with Crippen molar-refractivity contribution in [2.75, 3.05) is 0 Å². The van der Waals surface area contributed by atoms with E-state index in [2.05, 4.69) is 10.1 Å². The summed E-state index contributed by atoms with van der Waals surface area (Å²) in [6.07, 6.45) is 10.7. The first-order chi connectivity index (χ1) is 11.2. The van der Waals surface area contributed by atoms with Gasteiger partial charge in [-0.15, -0.1) is 0 Å². The molecule has 1 aliphatic rings. The van der Waals surface area contributed by atoms with Crippen molar-refractivity contribution in [2.45, 2.75) is 25.0 Å². The Hall–Kier alpha value is -2.40. The number of carbonyl (C=O) groups is 1. The molecule has 0 N–H and O–H groups in total. The molecule has 1 aromatic heterocycles. The lowest BCUT2D eigenvalue weighted by Crippen LogP contribution is -2.50. The van der Waals surface area contributed by atoms with Crippen molar-refractivity contribution in [2.24, 2.45) is 0 Å². The molecule has 0 saturated carbocycles. The first-order valence-electron chi connectivity index (χ1n) is 7.34. The van der Waals surface area contributed by atoms with Crippen LogP contribution < -0.4 is 4.74 Å². The molecular weight excluding hydrogens is 314 g/mol. The van der Waals surface area contributed by atoms with Crippen molar-refractivity contribution < 1.29 is 9.53 Å². The molecule has 0 aliphatic heterocycles. The minimum absolute atomic E-state index is 0.0337. The number of hydrogen-bond acceptors (Lipinski definition) is 4. The van der Waals surface area contributed by atoms with Crippen LogP contribution in [0.15, 0.2) is 61.2 Å². The lowest BCUT2D eigenvalue weighted by atomic mass is 9.84. The number of benzene rings is 1. The van der Waals surface area contributed by atoms with Gasteiger partial charge in [0.1, 0.15) is 24.4 Å². The first-order valence-corrected chi connectivity index (χ1v) is 7.71. The molecule has 1 heterocycles. The third kappa shape index (κ3) is 2.92.